The smallest absolute Gasteiger partial charge is 0.190 e. The number of nitrogens with one attached hydrogen (secondary N) is 3. The number of aryl methyl sites for hydroxylation is 2. The van der Waals surface area contributed by atoms with E-state index in [2.05, 4.69) is 69.8 Å². The van der Waals surface area contributed by atoms with Gasteiger partial charge in [0.2, 0.25) is 0 Å². The fourth-order valence-corrected chi connectivity index (χ4v) is 3.07. The number of aliphatic imine (C=N–C) groups is 1. The Morgan fingerprint density at radius 1 is 1.11 bits per heavy atom. The average Bonchev–Trinajstić information content (AvgIpc) is 3.10. The highest BCUT2D eigenvalue weighted by atomic mass is 127. The van der Waals surface area contributed by atoms with Gasteiger partial charge in [-0.3, -0.25) is 4.99 Å². The molecule has 0 saturated heterocycles. The third-order valence-electron chi connectivity index (χ3n) is 4.77. The number of para-hydroxylation sites is 2. The third kappa shape index (κ3) is 6.22. The molecule has 0 aliphatic heterocycles. The van der Waals surface area contributed by atoms with Crippen molar-refractivity contribution in [3.8, 4) is 0 Å². The summed E-state index contributed by atoms with van der Waals surface area (Å²) in [5.74, 6) is 2.31. The van der Waals surface area contributed by atoms with Crippen molar-refractivity contribution in [1.82, 2.24) is 20.6 Å². The van der Waals surface area contributed by atoms with Crippen LogP contribution in [0.25, 0.3) is 11.0 Å². The van der Waals surface area contributed by atoms with Gasteiger partial charge in [-0.1, -0.05) is 48.9 Å². The Morgan fingerprint density at radius 2 is 1.86 bits per heavy atom. The molecule has 0 bridgehead atoms. The van der Waals surface area contributed by atoms with Gasteiger partial charge in [-0.05, 0) is 37.0 Å². The summed E-state index contributed by atoms with van der Waals surface area (Å²) in [5.41, 5.74) is 4.76. The predicted octanol–water partition coefficient (Wildman–Crippen LogP) is 4.39. The summed E-state index contributed by atoms with van der Waals surface area (Å²) in [7, 11) is 1.81. The molecule has 1 heterocycles. The number of guanidine groups is 1. The van der Waals surface area contributed by atoms with Crippen LogP contribution in [0.1, 0.15) is 36.2 Å². The molecule has 150 valence electrons. The Bertz CT molecular complexity index is 852. The van der Waals surface area contributed by atoms with Crippen LogP contribution in [0.5, 0.6) is 0 Å². The number of nitrogens with zero attached hydrogens (tertiary/aromatic N) is 2. The molecule has 0 aliphatic carbocycles. The van der Waals surface area contributed by atoms with Crippen LogP contribution in [0.2, 0.25) is 0 Å². The first-order valence-corrected chi connectivity index (χ1v) is 9.60. The van der Waals surface area contributed by atoms with Crippen molar-refractivity contribution in [3.05, 3.63) is 65.5 Å². The molecule has 1 unspecified atom stereocenters. The minimum Gasteiger partial charge on any atom is -0.356 e. The molecule has 1 atom stereocenters. The largest absolute Gasteiger partial charge is 0.356 e. The molecule has 0 fully saturated rings. The van der Waals surface area contributed by atoms with E-state index in [0.717, 1.165) is 48.7 Å². The lowest BCUT2D eigenvalue weighted by molar-refractivity contribution is 0.684. The lowest BCUT2D eigenvalue weighted by atomic mass is 10.0. The molecule has 3 rings (SSSR count). The second-order valence-corrected chi connectivity index (χ2v) is 7.00. The number of halogens is 1. The minimum atomic E-state index is 0. The highest BCUT2D eigenvalue weighted by Crippen LogP contribution is 2.14. The standard InChI is InChI=1S/C22H29N5.HI/c1-16-10-12-18(13-11-16)17(2)15-25-22(23-3)24-14-6-9-21-26-19-7-4-5-8-20(19)27-21;/h4-5,7-8,10-13,17H,6,9,14-15H2,1-3H3,(H,26,27)(H2,23,24,25);1H. The monoisotopic (exact) mass is 491 g/mol. The zero-order chi connectivity index (χ0) is 19.1. The zero-order valence-corrected chi connectivity index (χ0v) is 19.2. The van der Waals surface area contributed by atoms with Crippen LogP contribution in [-0.2, 0) is 6.42 Å². The molecule has 1 aromatic heterocycles. The second-order valence-electron chi connectivity index (χ2n) is 7.00. The van der Waals surface area contributed by atoms with Gasteiger partial charge < -0.3 is 15.6 Å². The summed E-state index contributed by atoms with van der Waals surface area (Å²) in [4.78, 5) is 12.3. The Morgan fingerprint density at radius 3 is 2.57 bits per heavy atom. The summed E-state index contributed by atoms with van der Waals surface area (Å²) >= 11 is 0. The summed E-state index contributed by atoms with van der Waals surface area (Å²) in [6.07, 6.45) is 1.91. The summed E-state index contributed by atoms with van der Waals surface area (Å²) in [6.45, 7) is 6.05. The van der Waals surface area contributed by atoms with Crippen LogP contribution in [0.15, 0.2) is 53.5 Å². The predicted molar refractivity (Wildman–Crippen MR) is 129 cm³/mol. The van der Waals surface area contributed by atoms with E-state index in [0.29, 0.717) is 5.92 Å². The normalized spacial score (nSPS) is 12.5. The maximum atomic E-state index is 4.62. The molecule has 6 heteroatoms. The number of aromatic nitrogens is 2. The first kappa shape index (κ1) is 22.2. The van der Waals surface area contributed by atoms with E-state index >= 15 is 0 Å². The Hall–Kier alpha value is -2.09. The van der Waals surface area contributed by atoms with Gasteiger partial charge in [-0.25, -0.2) is 4.98 Å². The van der Waals surface area contributed by atoms with E-state index in [-0.39, 0.29) is 24.0 Å². The molecule has 0 spiro atoms. The van der Waals surface area contributed by atoms with Crippen molar-refractivity contribution in [3.63, 3.8) is 0 Å². The molecule has 0 aliphatic rings. The van der Waals surface area contributed by atoms with Crippen molar-refractivity contribution in [2.24, 2.45) is 4.99 Å². The number of hydrogen-bond acceptors (Lipinski definition) is 2. The van der Waals surface area contributed by atoms with Gasteiger partial charge in [0.15, 0.2) is 5.96 Å². The molecule has 3 aromatic rings. The van der Waals surface area contributed by atoms with Crippen LogP contribution in [0.4, 0.5) is 0 Å². The van der Waals surface area contributed by atoms with Gasteiger partial charge in [-0.15, -0.1) is 24.0 Å². The van der Waals surface area contributed by atoms with E-state index in [9.17, 15) is 0 Å². The molecule has 28 heavy (non-hydrogen) atoms. The van der Waals surface area contributed by atoms with Crippen molar-refractivity contribution in [2.45, 2.75) is 32.6 Å². The van der Waals surface area contributed by atoms with Gasteiger partial charge >= 0.3 is 0 Å². The van der Waals surface area contributed by atoms with Gasteiger partial charge in [0.25, 0.3) is 0 Å². The number of imidazole rings is 1. The third-order valence-corrected chi connectivity index (χ3v) is 4.77. The topological polar surface area (TPSA) is 65.1 Å². The summed E-state index contributed by atoms with van der Waals surface area (Å²) in [6, 6.07) is 16.9. The molecule has 3 N–H and O–H groups in total. The number of rotatable bonds is 7. The van der Waals surface area contributed by atoms with Crippen LogP contribution in [0.3, 0.4) is 0 Å². The van der Waals surface area contributed by atoms with Crippen molar-refractivity contribution in [1.29, 1.82) is 0 Å². The van der Waals surface area contributed by atoms with Crippen LogP contribution < -0.4 is 10.6 Å². The molecular weight excluding hydrogens is 461 g/mol. The number of H-pyrrole nitrogens is 1. The number of fused-ring (bicyclic) bond motifs is 1. The zero-order valence-electron chi connectivity index (χ0n) is 16.8. The van der Waals surface area contributed by atoms with E-state index in [1.54, 1.807) is 0 Å². The van der Waals surface area contributed by atoms with Crippen LogP contribution in [-0.4, -0.2) is 36.1 Å². The molecule has 0 amide bonds. The van der Waals surface area contributed by atoms with Crippen molar-refractivity contribution < 1.29 is 0 Å². The van der Waals surface area contributed by atoms with E-state index in [4.69, 9.17) is 0 Å². The lowest BCUT2D eigenvalue weighted by Crippen LogP contribution is -2.39. The molecule has 2 aromatic carbocycles. The van der Waals surface area contributed by atoms with Crippen LogP contribution >= 0.6 is 24.0 Å². The first-order chi connectivity index (χ1) is 13.2. The number of hydrogen-bond donors (Lipinski definition) is 3. The van der Waals surface area contributed by atoms with E-state index in [1.807, 2.05) is 25.2 Å². The maximum absolute atomic E-state index is 4.62. The SMILES string of the molecule is CN=C(NCCCc1nc2ccccc2[nH]1)NCC(C)c1ccc(C)cc1.I. The Kier molecular flexibility index (Phi) is 8.76. The Labute approximate surface area is 184 Å². The fourth-order valence-electron chi connectivity index (χ4n) is 3.07. The van der Waals surface area contributed by atoms with Crippen molar-refractivity contribution in [2.75, 3.05) is 20.1 Å². The number of benzene rings is 2. The summed E-state index contributed by atoms with van der Waals surface area (Å²) < 4.78 is 0. The minimum absolute atomic E-state index is 0. The van der Waals surface area contributed by atoms with Gasteiger partial charge in [0.05, 0.1) is 11.0 Å². The second kappa shape index (κ2) is 11.0. The summed E-state index contributed by atoms with van der Waals surface area (Å²) in [5, 5.41) is 6.80. The lowest BCUT2D eigenvalue weighted by Gasteiger charge is -2.16. The van der Waals surface area contributed by atoms with E-state index in [1.165, 1.54) is 11.1 Å². The quantitative estimate of drug-likeness (QED) is 0.199. The van der Waals surface area contributed by atoms with Crippen LogP contribution in [0, 0.1) is 6.92 Å². The number of aromatic amines is 1. The molecule has 5 nitrogen and oxygen atoms in total. The molecular formula is C22H30IN5. The van der Waals surface area contributed by atoms with Gasteiger partial charge in [0, 0.05) is 26.6 Å². The average molecular weight is 491 g/mol. The van der Waals surface area contributed by atoms with Crippen molar-refractivity contribution >= 4 is 41.0 Å². The molecule has 0 radical (unpaired) electrons. The molecule has 0 saturated carbocycles. The first-order valence-electron chi connectivity index (χ1n) is 9.60. The highest BCUT2D eigenvalue weighted by molar-refractivity contribution is 14.0. The van der Waals surface area contributed by atoms with Gasteiger partial charge in [0.1, 0.15) is 5.82 Å². The highest BCUT2D eigenvalue weighted by Gasteiger charge is 2.07. The maximum Gasteiger partial charge on any atom is 0.190 e. The van der Waals surface area contributed by atoms with E-state index < -0.39 is 0 Å². The Balaban J connectivity index is 0.00000280. The van der Waals surface area contributed by atoms with Gasteiger partial charge in [-0.2, -0.15) is 0 Å². The fraction of sp³-hybridized carbons (Fsp3) is 0.364.